The Kier molecular flexibility index (Phi) is 10.8. The first-order valence-electron chi connectivity index (χ1n) is 9.25. The van der Waals surface area contributed by atoms with E-state index in [2.05, 4.69) is 13.0 Å². The standard InChI is InChI=1S/C19H33BO3/c1-3-4-5-6-7-8-9-10-11-12-13-18-16-17(2)14-15-19(18)23-20(21)22/h14-16,21-22H,3-13H2,1-2H3. The van der Waals surface area contributed by atoms with Crippen molar-refractivity contribution in [3.63, 3.8) is 0 Å². The van der Waals surface area contributed by atoms with Crippen molar-refractivity contribution in [2.24, 2.45) is 0 Å². The van der Waals surface area contributed by atoms with Gasteiger partial charge in [-0.05, 0) is 31.4 Å². The summed E-state index contributed by atoms with van der Waals surface area (Å²) in [6.45, 7) is 4.30. The van der Waals surface area contributed by atoms with E-state index in [9.17, 15) is 0 Å². The maximum Gasteiger partial charge on any atom is 0.707 e. The minimum atomic E-state index is -1.75. The molecule has 0 atom stereocenters. The van der Waals surface area contributed by atoms with Gasteiger partial charge < -0.3 is 14.7 Å². The number of unbranched alkanes of at least 4 members (excludes halogenated alkanes) is 9. The maximum absolute atomic E-state index is 8.98. The van der Waals surface area contributed by atoms with Crippen molar-refractivity contribution in [1.82, 2.24) is 0 Å². The monoisotopic (exact) mass is 320 g/mol. The Morgan fingerprint density at radius 2 is 1.43 bits per heavy atom. The van der Waals surface area contributed by atoms with Gasteiger partial charge in [-0.15, -0.1) is 0 Å². The molecule has 0 spiro atoms. The average Bonchev–Trinajstić information content (AvgIpc) is 2.51. The fourth-order valence-corrected chi connectivity index (χ4v) is 2.94. The van der Waals surface area contributed by atoms with E-state index in [4.69, 9.17) is 14.7 Å². The van der Waals surface area contributed by atoms with Gasteiger partial charge in [-0.1, -0.05) is 82.4 Å². The molecular formula is C19H33BO3. The molecule has 130 valence electrons. The third-order valence-electron chi connectivity index (χ3n) is 4.25. The predicted molar refractivity (Wildman–Crippen MR) is 97.5 cm³/mol. The number of hydrogen-bond donors (Lipinski definition) is 2. The summed E-state index contributed by atoms with van der Waals surface area (Å²) in [5.74, 6) is 0.585. The molecule has 1 aromatic carbocycles. The first-order chi connectivity index (χ1) is 11.1. The first kappa shape index (κ1) is 20.1. The summed E-state index contributed by atoms with van der Waals surface area (Å²) >= 11 is 0. The summed E-state index contributed by atoms with van der Waals surface area (Å²) in [5, 5.41) is 18.0. The molecule has 1 aromatic rings. The van der Waals surface area contributed by atoms with E-state index >= 15 is 0 Å². The van der Waals surface area contributed by atoms with Gasteiger partial charge in [-0.2, -0.15) is 0 Å². The van der Waals surface area contributed by atoms with E-state index < -0.39 is 7.32 Å². The Morgan fingerprint density at radius 3 is 2.00 bits per heavy atom. The Balaban J connectivity index is 2.16. The lowest BCUT2D eigenvalue weighted by Crippen LogP contribution is -2.21. The zero-order chi connectivity index (χ0) is 16.9. The van der Waals surface area contributed by atoms with Crippen LogP contribution in [0.15, 0.2) is 18.2 Å². The fraction of sp³-hybridized carbons (Fsp3) is 0.684. The zero-order valence-corrected chi connectivity index (χ0v) is 14.9. The number of benzene rings is 1. The molecule has 0 amide bonds. The Bertz CT molecular complexity index is 421. The van der Waals surface area contributed by atoms with Crippen LogP contribution in [0.3, 0.4) is 0 Å². The minimum absolute atomic E-state index is 0.585. The predicted octanol–water partition coefficient (Wildman–Crippen LogP) is 4.81. The minimum Gasteiger partial charge on any atom is -0.512 e. The number of aryl methyl sites for hydroxylation is 2. The third kappa shape index (κ3) is 9.67. The molecule has 0 fully saturated rings. The van der Waals surface area contributed by atoms with Crippen LogP contribution in [-0.2, 0) is 6.42 Å². The summed E-state index contributed by atoms with van der Waals surface area (Å²) < 4.78 is 5.05. The van der Waals surface area contributed by atoms with E-state index in [0.717, 1.165) is 18.4 Å². The maximum atomic E-state index is 8.98. The highest BCUT2D eigenvalue weighted by molar-refractivity contribution is 6.33. The molecule has 0 aromatic heterocycles. The van der Waals surface area contributed by atoms with Crippen LogP contribution in [0.25, 0.3) is 0 Å². The molecule has 0 unspecified atom stereocenters. The van der Waals surface area contributed by atoms with Gasteiger partial charge in [0, 0.05) is 0 Å². The van der Waals surface area contributed by atoms with Gasteiger partial charge in [0.2, 0.25) is 0 Å². The molecule has 0 aliphatic carbocycles. The van der Waals surface area contributed by atoms with E-state index in [0.29, 0.717) is 5.75 Å². The SMILES string of the molecule is CCCCCCCCCCCCc1cc(C)ccc1OB(O)O. The van der Waals surface area contributed by atoms with Crippen molar-refractivity contribution in [3.8, 4) is 5.75 Å². The van der Waals surface area contributed by atoms with Crippen LogP contribution in [0.1, 0.15) is 82.3 Å². The summed E-state index contributed by atoms with van der Waals surface area (Å²) in [5.41, 5.74) is 2.24. The van der Waals surface area contributed by atoms with Crippen molar-refractivity contribution < 1.29 is 14.7 Å². The highest BCUT2D eigenvalue weighted by Crippen LogP contribution is 2.23. The summed E-state index contributed by atoms with van der Waals surface area (Å²) in [4.78, 5) is 0. The molecule has 0 saturated carbocycles. The van der Waals surface area contributed by atoms with Crippen molar-refractivity contribution in [2.75, 3.05) is 0 Å². The topological polar surface area (TPSA) is 49.7 Å². The summed E-state index contributed by atoms with van der Waals surface area (Å²) in [6.07, 6.45) is 14.1. The largest absolute Gasteiger partial charge is 0.707 e. The lowest BCUT2D eigenvalue weighted by molar-refractivity contribution is 0.286. The van der Waals surface area contributed by atoms with Gasteiger partial charge in [0.25, 0.3) is 0 Å². The van der Waals surface area contributed by atoms with Gasteiger partial charge >= 0.3 is 7.32 Å². The van der Waals surface area contributed by atoms with Crippen LogP contribution < -0.4 is 4.65 Å². The van der Waals surface area contributed by atoms with Crippen LogP contribution in [0.5, 0.6) is 5.75 Å². The molecule has 1 rings (SSSR count). The lowest BCUT2D eigenvalue weighted by atomic mass is 10.0. The molecule has 4 heteroatoms. The second kappa shape index (κ2) is 12.4. The van der Waals surface area contributed by atoms with Crippen molar-refractivity contribution >= 4 is 7.32 Å². The van der Waals surface area contributed by atoms with E-state index in [1.807, 2.05) is 19.1 Å². The molecular weight excluding hydrogens is 287 g/mol. The van der Waals surface area contributed by atoms with E-state index in [-0.39, 0.29) is 0 Å². The van der Waals surface area contributed by atoms with Crippen molar-refractivity contribution in [1.29, 1.82) is 0 Å². The molecule has 0 heterocycles. The second-order valence-corrected chi connectivity index (χ2v) is 6.49. The van der Waals surface area contributed by atoms with Crippen LogP contribution in [-0.4, -0.2) is 17.4 Å². The first-order valence-corrected chi connectivity index (χ1v) is 9.25. The Morgan fingerprint density at radius 1 is 0.870 bits per heavy atom. The molecule has 23 heavy (non-hydrogen) atoms. The molecule has 0 bridgehead atoms. The number of hydrogen-bond acceptors (Lipinski definition) is 3. The van der Waals surface area contributed by atoms with Crippen LogP contribution in [0.4, 0.5) is 0 Å². The van der Waals surface area contributed by atoms with E-state index in [1.165, 1.54) is 63.4 Å². The second-order valence-electron chi connectivity index (χ2n) is 6.49. The van der Waals surface area contributed by atoms with Crippen molar-refractivity contribution in [2.45, 2.75) is 84.5 Å². The highest BCUT2D eigenvalue weighted by Gasteiger charge is 2.14. The molecule has 3 nitrogen and oxygen atoms in total. The summed E-state index contributed by atoms with van der Waals surface area (Å²) in [6, 6.07) is 5.83. The van der Waals surface area contributed by atoms with Gasteiger partial charge in [0.15, 0.2) is 0 Å². The summed E-state index contributed by atoms with van der Waals surface area (Å²) in [7, 11) is -1.75. The fourth-order valence-electron chi connectivity index (χ4n) is 2.94. The third-order valence-corrected chi connectivity index (χ3v) is 4.25. The van der Waals surface area contributed by atoms with Gasteiger partial charge in [-0.3, -0.25) is 0 Å². The van der Waals surface area contributed by atoms with Gasteiger partial charge in [-0.25, -0.2) is 0 Å². The molecule has 0 radical (unpaired) electrons. The van der Waals surface area contributed by atoms with E-state index in [1.54, 1.807) is 0 Å². The Labute approximate surface area is 142 Å². The number of rotatable bonds is 13. The van der Waals surface area contributed by atoms with Gasteiger partial charge in [0.1, 0.15) is 5.75 Å². The average molecular weight is 320 g/mol. The smallest absolute Gasteiger partial charge is 0.512 e. The normalized spacial score (nSPS) is 10.8. The zero-order valence-electron chi connectivity index (χ0n) is 14.9. The molecule has 0 aliphatic heterocycles. The molecule has 2 N–H and O–H groups in total. The van der Waals surface area contributed by atoms with Crippen LogP contribution >= 0.6 is 0 Å². The molecule has 0 aliphatic rings. The quantitative estimate of drug-likeness (QED) is 0.405. The van der Waals surface area contributed by atoms with Crippen LogP contribution in [0.2, 0.25) is 0 Å². The van der Waals surface area contributed by atoms with Gasteiger partial charge in [0.05, 0.1) is 0 Å². The highest BCUT2D eigenvalue weighted by atomic mass is 16.6. The van der Waals surface area contributed by atoms with Crippen LogP contribution in [0, 0.1) is 6.92 Å². The lowest BCUT2D eigenvalue weighted by Gasteiger charge is -2.12. The van der Waals surface area contributed by atoms with Crippen molar-refractivity contribution in [3.05, 3.63) is 29.3 Å². The molecule has 0 saturated heterocycles. The Hall–Kier alpha value is -0.995.